The highest BCUT2D eigenvalue weighted by atomic mass is 35.5. The van der Waals surface area contributed by atoms with Gasteiger partial charge < -0.3 is 26.9 Å². The SMILES string of the molecule is CC(=N)/C(=C\N)C(=O)N1CCC([C@@H](N)c2cc(Cl)c(Cl)cc2O)CC1. The van der Waals surface area contributed by atoms with Crippen LogP contribution in [-0.2, 0) is 4.79 Å². The maximum absolute atomic E-state index is 12.4. The number of hydrogen-bond donors (Lipinski definition) is 4. The lowest BCUT2D eigenvalue weighted by molar-refractivity contribution is -0.128. The molecule has 0 bridgehead atoms. The second kappa shape index (κ2) is 8.08. The lowest BCUT2D eigenvalue weighted by Gasteiger charge is -2.35. The quantitative estimate of drug-likeness (QED) is 0.471. The van der Waals surface area contributed by atoms with Gasteiger partial charge in [0, 0.05) is 42.7 Å². The van der Waals surface area contributed by atoms with Crippen LogP contribution in [0.15, 0.2) is 23.9 Å². The predicted octanol–water partition coefficient (Wildman–Crippen LogP) is 2.82. The predicted molar refractivity (Wildman–Crippen MR) is 100 cm³/mol. The fourth-order valence-electron chi connectivity index (χ4n) is 3.06. The van der Waals surface area contributed by atoms with E-state index in [1.54, 1.807) is 11.0 Å². The molecule has 0 spiro atoms. The van der Waals surface area contributed by atoms with Gasteiger partial charge >= 0.3 is 0 Å². The van der Waals surface area contributed by atoms with Gasteiger partial charge in [0.05, 0.1) is 15.6 Å². The third-order valence-corrected chi connectivity index (χ3v) is 5.29. The van der Waals surface area contributed by atoms with Crippen LogP contribution in [0.2, 0.25) is 10.0 Å². The summed E-state index contributed by atoms with van der Waals surface area (Å²) in [6.07, 6.45) is 2.54. The Bertz CT molecular complexity index is 713. The van der Waals surface area contributed by atoms with Crippen LogP contribution in [-0.4, -0.2) is 34.7 Å². The zero-order valence-electron chi connectivity index (χ0n) is 13.9. The van der Waals surface area contributed by atoms with Crippen molar-refractivity contribution in [2.45, 2.75) is 25.8 Å². The van der Waals surface area contributed by atoms with Gasteiger partial charge in [0.25, 0.3) is 5.91 Å². The normalized spacial score (nSPS) is 17.4. The van der Waals surface area contributed by atoms with Crippen molar-refractivity contribution in [2.75, 3.05) is 13.1 Å². The number of carbonyl (C=O) groups is 1. The Hall–Kier alpha value is -1.76. The number of likely N-dealkylation sites (tertiary alicyclic amines) is 1. The van der Waals surface area contributed by atoms with Crippen LogP contribution in [0.4, 0.5) is 0 Å². The number of piperidine rings is 1. The van der Waals surface area contributed by atoms with Crippen LogP contribution < -0.4 is 11.5 Å². The number of benzene rings is 1. The maximum atomic E-state index is 12.4. The number of amides is 1. The number of phenolic OH excluding ortho intramolecular Hbond substituents is 1. The topological polar surface area (TPSA) is 116 Å². The summed E-state index contributed by atoms with van der Waals surface area (Å²) in [5, 5.41) is 18.3. The molecule has 8 heteroatoms. The highest BCUT2D eigenvalue weighted by Crippen LogP contribution is 2.37. The highest BCUT2D eigenvalue weighted by Gasteiger charge is 2.30. The summed E-state index contributed by atoms with van der Waals surface area (Å²) in [5.41, 5.74) is 12.7. The first-order chi connectivity index (χ1) is 11.8. The number of nitrogens with zero attached hydrogens (tertiary/aromatic N) is 1. The van der Waals surface area contributed by atoms with Crippen molar-refractivity contribution in [1.29, 1.82) is 5.41 Å². The monoisotopic (exact) mass is 384 g/mol. The van der Waals surface area contributed by atoms with Gasteiger partial charge in [-0.2, -0.15) is 0 Å². The molecule has 0 aromatic heterocycles. The van der Waals surface area contributed by atoms with Crippen molar-refractivity contribution < 1.29 is 9.90 Å². The Morgan fingerprint density at radius 1 is 1.36 bits per heavy atom. The summed E-state index contributed by atoms with van der Waals surface area (Å²) >= 11 is 11.9. The molecular formula is C17H22Cl2N4O2. The molecule has 1 aromatic rings. The molecule has 25 heavy (non-hydrogen) atoms. The first-order valence-corrected chi connectivity index (χ1v) is 8.72. The molecule has 136 valence electrons. The van der Waals surface area contributed by atoms with Gasteiger partial charge in [0.2, 0.25) is 0 Å². The summed E-state index contributed by atoms with van der Waals surface area (Å²) in [6, 6.07) is 2.58. The Morgan fingerprint density at radius 2 is 1.92 bits per heavy atom. The van der Waals surface area contributed by atoms with E-state index in [0.29, 0.717) is 36.5 Å². The van der Waals surface area contributed by atoms with Gasteiger partial charge in [-0.15, -0.1) is 0 Å². The second-order valence-corrected chi connectivity index (χ2v) is 7.00. The molecule has 1 aromatic carbocycles. The molecule has 1 amide bonds. The number of nitrogens with two attached hydrogens (primary N) is 2. The van der Waals surface area contributed by atoms with Gasteiger partial charge in [0.1, 0.15) is 5.75 Å². The van der Waals surface area contributed by atoms with E-state index in [1.807, 2.05) is 0 Å². The van der Waals surface area contributed by atoms with E-state index in [2.05, 4.69) is 0 Å². The van der Waals surface area contributed by atoms with E-state index >= 15 is 0 Å². The van der Waals surface area contributed by atoms with Crippen molar-refractivity contribution >= 4 is 34.8 Å². The molecular weight excluding hydrogens is 363 g/mol. The number of rotatable bonds is 4. The van der Waals surface area contributed by atoms with Crippen LogP contribution in [0.1, 0.15) is 31.4 Å². The zero-order valence-corrected chi connectivity index (χ0v) is 15.4. The Labute approximate surface area is 156 Å². The zero-order chi connectivity index (χ0) is 18.7. The molecule has 1 aliphatic heterocycles. The third-order valence-electron chi connectivity index (χ3n) is 4.56. The summed E-state index contributed by atoms with van der Waals surface area (Å²) in [6.45, 7) is 2.57. The average molecular weight is 385 g/mol. The van der Waals surface area contributed by atoms with E-state index in [0.717, 1.165) is 0 Å². The molecule has 0 unspecified atom stereocenters. The van der Waals surface area contributed by atoms with Gasteiger partial charge in [0.15, 0.2) is 0 Å². The van der Waals surface area contributed by atoms with Crippen molar-refractivity contribution in [1.82, 2.24) is 4.90 Å². The van der Waals surface area contributed by atoms with E-state index in [1.165, 1.54) is 19.2 Å². The van der Waals surface area contributed by atoms with Crippen molar-refractivity contribution in [3.63, 3.8) is 0 Å². The fraction of sp³-hybridized carbons (Fsp3) is 0.412. The second-order valence-electron chi connectivity index (χ2n) is 6.19. The van der Waals surface area contributed by atoms with Gasteiger partial charge in [-0.05, 0) is 31.7 Å². The summed E-state index contributed by atoms with van der Waals surface area (Å²) in [7, 11) is 0. The first kappa shape index (κ1) is 19.6. The maximum Gasteiger partial charge on any atom is 0.257 e. The third kappa shape index (κ3) is 4.26. The van der Waals surface area contributed by atoms with Gasteiger partial charge in [-0.1, -0.05) is 23.2 Å². The number of carbonyl (C=O) groups excluding carboxylic acids is 1. The molecule has 6 N–H and O–H groups in total. The molecule has 1 atom stereocenters. The first-order valence-electron chi connectivity index (χ1n) is 7.96. The lowest BCUT2D eigenvalue weighted by atomic mass is 9.85. The molecule has 1 aliphatic rings. The standard InChI is InChI=1S/C17H22Cl2N4O2/c1-9(21)12(8-20)17(25)23-4-2-10(3-5-23)16(22)11-6-13(18)14(19)7-15(11)24/h6-8,10,16,21,24H,2-5,20,22H2,1H3/b12-8+,21-9?/t16-/m1/s1. The molecule has 0 aliphatic carbocycles. The molecule has 6 nitrogen and oxygen atoms in total. The van der Waals surface area contributed by atoms with Crippen LogP contribution in [0, 0.1) is 11.3 Å². The number of hydrogen-bond acceptors (Lipinski definition) is 5. The highest BCUT2D eigenvalue weighted by molar-refractivity contribution is 6.42. The van der Waals surface area contributed by atoms with Gasteiger partial charge in [-0.3, -0.25) is 4.79 Å². The van der Waals surface area contributed by atoms with Crippen LogP contribution in [0.3, 0.4) is 0 Å². The molecule has 1 saturated heterocycles. The number of aromatic hydroxyl groups is 1. The minimum Gasteiger partial charge on any atom is -0.508 e. The number of nitrogens with one attached hydrogen (secondary N) is 1. The number of halogens is 2. The van der Waals surface area contributed by atoms with E-state index in [-0.39, 0.29) is 33.9 Å². The van der Waals surface area contributed by atoms with Crippen LogP contribution >= 0.6 is 23.2 Å². The van der Waals surface area contributed by atoms with Crippen molar-refractivity contribution in [3.05, 3.63) is 39.5 Å². The number of phenols is 1. The largest absolute Gasteiger partial charge is 0.508 e. The van der Waals surface area contributed by atoms with Gasteiger partial charge in [-0.25, -0.2) is 0 Å². The molecule has 1 heterocycles. The molecule has 0 radical (unpaired) electrons. The van der Waals surface area contributed by atoms with Crippen molar-refractivity contribution in [3.8, 4) is 5.75 Å². The van der Waals surface area contributed by atoms with Crippen LogP contribution in [0.25, 0.3) is 0 Å². The van der Waals surface area contributed by atoms with Crippen LogP contribution in [0.5, 0.6) is 5.75 Å². The minimum absolute atomic E-state index is 0.0215. The lowest BCUT2D eigenvalue weighted by Crippen LogP contribution is -2.42. The Balaban J connectivity index is 2.06. The van der Waals surface area contributed by atoms with E-state index < -0.39 is 6.04 Å². The summed E-state index contributed by atoms with van der Waals surface area (Å²) in [4.78, 5) is 14.1. The van der Waals surface area contributed by atoms with Crippen molar-refractivity contribution in [2.24, 2.45) is 17.4 Å². The smallest absolute Gasteiger partial charge is 0.257 e. The minimum atomic E-state index is -0.402. The Kier molecular flexibility index (Phi) is 6.32. The Morgan fingerprint density at radius 3 is 2.44 bits per heavy atom. The molecule has 1 fully saturated rings. The summed E-state index contributed by atoms with van der Waals surface area (Å²) < 4.78 is 0. The fourth-order valence-corrected chi connectivity index (χ4v) is 3.39. The average Bonchev–Trinajstić information content (AvgIpc) is 2.58. The molecule has 0 saturated carbocycles. The van der Waals surface area contributed by atoms with E-state index in [4.69, 9.17) is 40.1 Å². The molecule has 2 rings (SSSR count). The summed E-state index contributed by atoms with van der Waals surface area (Å²) in [5.74, 6) is -0.119. The van der Waals surface area contributed by atoms with E-state index in [9.17, 15) is 9.90 Å².